The molecule has 2 rings (SSSR count). The molecular formula is C16H30IN5O3S. The standard InChI is InChI=1S/C16H29N5O3S.HI/c1-5-17-15(18-7-9-21-8-6-10-25(21,22)23)20-12-14-19-11-13(24-14)16(2,3)4;/h11H,5-10,12H2,1-4H3,(H2,17,18,20);1H. The van der Waals surface area contributed by atoms with Crippen molar-refractivity contribution in [3.63, 3.8) is 0 Å². The van der Waals surface area contributed by atoms with Crippen LogP contribution in [0.25, 0.3) is 0 Å². The van der Waals surface area contributed by atoms with Crippen LogP contribution in [-0.2, 0) is 22.0 Å². The highest BCUT2D eigenvalue weighted by molar-refractivity contribution is 14.0. The fourth-order valence-corrected chi connectivity index (χ4v) is 3.99. The third-order valence-electron chi connectivity index (χ3n) is 3.87. The Labute approximate surface area is 173 Å². The molecule has 2 heterocycles. The number of rotatable bonds is 6. The third kappa shape index (κ3) is 6.69. The van der Waals surface area contributed by atoms with Crippen molar-refractivity contribution in [2.24, 2.45) is 4.99 Å². The van der Waals surface area contributed by atoms with E-state index in [1.807, 2.05) is 6.92 Å². The maximum atomic E-state index is 11.8. The van der Waals surface area contributed by atoms with E-state index >= 15 is 0 Å². The van der Waals surface area contributed by atoms with Crippen LogP contribution in [0.2, 0.25) is 0 Å². The molecule has 0 aromatic carbocycles. The zero-order valence-electron chi connectivity index (χ0n) is 15.9. The van der Waals surface area contributed by atoms with Gasteiger partial charge in [0.1, 0.15) is 12.3 Å². The molecule has 1 aromatic rings. The molecule has 1 fully saturated rings. The first kappa shape index (κ1) is 23.2. The summed E-state index contributed by atoms with van der Waals surface area (Å²) in [5.41, 5.74) is -0.0844. The van der Waals surface area contributed by atoms with Gasteiger partial charge in [-0.05, 0) is 13.3 Å². The van der Waals surface area contributed by atoms with Crippen LogP contribution in [0, 0.1) is 0 Å². The molecule has 1 saturated heterocycles. The van der Waals surface area contributed by atoms with Crippen molar-refractivity contribution in [3.05, 3.63) is 17.8 Å². The molecular weight excluding hydrogens is 469 g/mol. The van der Waals surface area contributed by atoms with Crippen molar-refractivity contribution in [2.75, 3.05) is 31.9 Å². The number of nitrogens with zero attached hydrogens (tertiary/aromatic N) is 3. The second-order valence-electron chi connectivity index (χ2n) is 7.06. The number of aromatic nitrogens is 1. The Bertz CT molecular complexity index is 697. The van der Waals surface area contributed by atoms with Gasteiger partial charge < -0.3 is 15.1 Å². The summed E-state index contributed by atoms with van der Waals surface area (Å²) in [6.45, 7) is 10.8. The summed E-state index contributed by atoms with van der Waals surface area (Å²) in [6.07, 6.45) is 2.44. The lowest BCUT2D eigenvalue weighted by Gasteiger charge is -2.16. The van der Waals surface area contributed by atoms with Crippen LogP contribution >= 0.6 is 24.0 Å². The van der Waals surface area contributed by atoms with Gasteiger partial charge in [0, 0.05) is 31.6 Å². The van der Waals surface area contributed by atoms with Gasteiger partial charge in [-0.1, -0.05) is 20.8 Å². The van der Waals surface area contributed by atoms with Crippen LogP contribution in [-0.4, -0.2) is 55.6 Å². The molecule has 0 bridgehead atoms. The maximum Gasteiger partial charge on any atom is 0.216 e. The van der Waals surface area contributed by atoms with Gasteiger partial charge in [-0.3, -0.25) is 0 Å². The van der Waals surface area contributed by atoms with E-state index in [-0.39, 0.29) is 35.1 Å². The highest BCUT2D eigenvalue weighted by Gasteiger charge is 2.27. The van der Waals surface area contributed by atoms with Gasteiger partial charge in [0.05, 0.1) is 11.9 Å². The normalized spacial score (nSPS) is 17.8. The van der Waals surface area contributed by atoms with E-state index in [1.54, 1.807) is 6.20 Å². The van der Waals surface area contributed by atoms with Crippen LogP contribution in [0.5, 0.6) is 0 Å². The first-order valence-electron chi connectivity index (χ1n) is 8.67. The molecule has 0 amide bonds. The minimum absolute atomic E-state index is 0. The SMILES string of the molecule is CCNC(=NCc1ncc(C(C)(C)C)o1)NCCN1CCCS1(=O)=O.I. The van der Waals surface area contributed by atoms with E-state index in [9.17, 15) is 8.42 Å². The monoisotopic (exact) mass is 499 g/mol. The number of halogens is 1. The van der Waals surface area contributed by atoms with Crippen molar-refractivity contribution < 1.29 is 12.8 Å². The number of sulfonamides is 1. The topological polar surface area (TPSA) is 99.8 Å². The molecule has 2 N–H and O–H groups in total. The van der Waals surface area contributed by atoms with E-state index in [0.717, 1.165) is 5.76 Å². The van der Waals surface area contributed by atoms with Crippen LogP contribution in [0.3, 0.4) is 0 Å². The number of oxazole rings is 1. The van der Waals surface area contributed by atoms with Crippen LogP contribution < -0.4 is 10.6 Å². The number of guanidine groups is 1. The summed E-state index contributed by atoms with van der Waals surface area (Å²) >= 11 is 0. The highest BCUT2D eigenvalue weighted by atomic mass is 127. The van der Waals surface area contributed by atoms with Gasteiger partial charge in [-0.25, -0.2) is 22.7 Å². The minimum atomic E-state index is -3.06. The van der Waals surface area contributed by atoms with E-state index in [0.29, 0.717) is 51.0 Å². The molecule has 0 saturated carbocycles. The fourth-order valence-electron chi connectivity index (χ4n) is 2.46. The smallest absolute Gasteiger partial charge is 0.216 e. The van der Waals surface area contributed by atoms with Crippen LogP contribution in [0.1, 0.15) is 45.8 Å². The van der Waals surface area contributed by atoms with Crippen molar-refractivity contribution in [2.45, 2.75) is 46.1 Å². The second-order valence-corrected chi connectivity index (χ2v) is 9.15. The Balaban J connectivity index is 0.00000338. The highest BCUT2D eigenvalue weighted by Crippen LogP contribution is 2.22. The lowest BCUT2D eigenvalue weighted by atomic mass is 9.94. The zero-order chi connectivity index (χ0) is 18.5. The van der Waals surface area contributed by atoms with Gasteiger partial charge in [-0.15, -0.1) is 24.0 Å². The number of nitrogens with one attached hydrogen (secondary N) is 2. The predicted molar refractivity (Wildman–Crippen MR) is 113 cm³/mol. The van der Waals surface area contributed by atoms with E-state index < -0.39 is 10.0 Å². The number of aliphatic imine (C=N–C) groups is 1. The molecule has 0 unspecified atom stereocenters. The lowest BCUT2D eigenvalue weighted by molar-refractivity contribution is 0.383. The maximum absolute atomic E-state index is 11.8. The summed E-state index contributed by atoms with van der Waals surface area (Å²) in [6, 6.07) is 0. The number of hydrogen-bond acceptors (Lipinski definition) is 5. The Hall–Kier alpha value is -0.880. The summed E-state index contributed by atoms with van der Waals surface area (Å²) < 4.78 is 30.8. The van der Waals surface area contributed by atoms with Gasteiger partial charge in [0.15, 0.2) is 5.96 Å². The molecule has 10 heteroatoms. The second kappa shape index (κ2) is 9.88. The lowest BCUT2D eigenvalue weighted by Crippen LogP contribution is -2.42. The molecule has 0 radical (unpaired) electrons. The molecule has 150 valence electrons. The van der Waals surface area contributed by atoms with Gasteiger partial charge >= 0.3 is 0 Å². The summed E-state index contributed by atoms with van der Waals surface area (Å²) in [4.78, 5) is 8.71. The number of hydrogen-bond donors (Lipinski definition) is 2. The van der Waals surface area contributed by atoms with E-state index in [1.165, 1.54) is 4.31 Å². The Morgan fingerprint density at radius 3 is 2.65 bits per heavy atom. The molecule has 0 spiro atoms. The Morgan fingerprint density at radius 1 is 1.38 bits per heavy atom. The fraction of sp³-hybridized carbons (Fsp3) is 0.750. The molecule has 1 aliphatic heterocycles. The summed E-state index contributed by atoms with van der Waals surface area (Å²) in [5.74, 6) is 2.26. The molecule has 8 nitrogen and oxygen atoms in total. The Kier molecular flexibility index (Phi) is 8.80. The van der Waals surface area contributed by atoms with Crippen LogP contribution in [0.15, 0.2) is 15.6 Å². The van der Waals surface area contributed by atoms with E-state index in [4.69, 9.17) is 4.42 Å². The predicted octanol–water partition coefficient (Wildman–Crippen LogP) is 1.68. The quantitative estimate of drug-likeness (QED) is 0.351. The van der Waals surface area contributed by atoms with Crippen molar-refractivity contribution in [3.8, 4) is 0 Å². The molecule has 0 atom stereocenters. The van der Waals surface area contributed by atoms with Gasteiger partial charge in [0.25, 0.3) is 0 Å². The molecule has 26 heavy (non-hydrogen) atoms. The van der Waals surface area contributed by atoms with Crippen molar-refractivity contribution in [1.82, 2.24) is 19.9 Å². The first-order chi connectivity index (χ1) is 11.7. The molecule has 1 aliphatic rings. The van der Waals surface area contributed by atoms with Gasteiger partial charge in [0.2, 0.25) is 15.9 Å². The molecule has 1 aromatic heterocycles. The van der Waals surface area contributed by atoms with E-state index in [2.05, 4.69) is 41.4 Å². The average Bonchev–Trinajstić information content (AvgIpc) is 3.11. The van der Waals surface area contributed by atoms with Gasteiger partial charge in [-0.2, -0.15) is 0 Å². The van der Waals surface area contributed by atoms with Crippen LogP contribution in [0.4, 0.5) is 0 Å². The Morgan fingerprint density at radius 2 is 2.12 bits per heavy atom. The largest absolute Gasteiger partial charge is 0.443 e. The zero-order valence-corrected chi connectivity index (χ0v) is 19.1. The molecule has 0 aliphatic carbocycles. The minimum Gasteiger partial charge on any atom is -0.443 e. The first-order valence-corrected chi connectivity index (χ1v) is 10.3. The van der Waals surface area contributed by atoms with Crippen molar-refractivity contribution in [1.29, 1.82) is 0 Å². The third-order valence-corrected chi connectivity index (χ3v) is 5.82. The summed E-state index contributed by atoms with van der Waals surface area (Å²) in [5, 5.41) is 6.29. The average molecular weight is 499 g/mol. The van der Waals surface area contributed by atoms with Crippen molar-refractivity contribution >= 4 is 40.0 Å². The summed E-state index contributed by atoms with van der Waals surface area (Å²) in [7, 11) is -3.06.